The number of rotatable bonds is 2. The second-order valence-electron chi connectivity index (χ2n) is 3.53. The number of hydrogen-bond acceptors (Lipinski definition) is 3. The Labute approximate surface area is 92.4 Å². The van der Waals surface area contributed by atoms with E-state index in [1.54, 1.807) is 19.2 Å². The van der Waals surface area contributed by atoms with Crippen molar-refractivity contribution in [2.45, 2.75) is 26.2 Å². The summed E-state index contributed by atoms with van der Waals surface area (Å²) in [6.07, 6.45) is -2.70. The highest BCUT2D eigenvalue weighted by Crippen LogP contribution is 2.38. The van der Waals surface area contributed by atoms with Gasteiger partial charge in [-0.3, -0.25) is 4.74 Å². The molecule has 1 N–H and O–H groups in total. The second kappa shape index (κ2) is 3.90. The monoisotopic (exact) mass is 229 g/mol. The molecular formula is C11H13F2NO2. The standard InChI is InChI=1S/C11H13F2NO2/c1-3-7-4-5-9-8(10(7)14-2)6-15-11(12,13)16-9/h4-5,14H,3,6H2,1-2H3. The van der Waals surface area contributed by atoms with Crippen molar-refractivity contribution in [2.24, 2.45) is 0 Å². The zero-order valence-corrected chi connectivity index (χ0v) is 9.14. The van der Waals surface area contributed by atoms with E-state index in [1.807, 2.05) is 6.92 Å². The Bertz CT molecular complexity index is 407. The van der Waals surface area contributed by atoms with Crippen molar-refractivity contribution in [3.05, 3.63) is 23.3 Å². The quantitative estimate of drug-likeness (QED) is 0.845. The molecule has 88 valence electrons. The molecule has 0 saturated heterocycles. The molecule has 0 radical (unpaired) electrons. The third kappa shape index (κ3) is 1.82. The van der Waals surface area contributed by atoms with Crippen molar-refractivity contribution >= 4 is 5.69 Å². The predicted octanol–water partition coefficient (Wildman–Crippen LogP) is 2.75. The van der Waals surface area contributed by atoms with Gasteiger partial charge in [0.1, 0.15) is 5.75 Å². The van der Waals surface area contributed by atoms with Gasteiger partial charge in [0, 0.05) is 18.3 Å². The van der Waals surface area contributed by atoms with Crippen molar-refractivity contribution in [2.75, 3.05) is 12.4 Å². The van der Waals surface area contributed by atoms with E-state index in [0.29, 0.717) is 5.56 Å². The number of nitrogens with one attached hydrogen (secondary N) is 1. The van der Waals surface area contributed by atoms with E-state index in [0.717, 1.165) is 17.7 Å². The summed E-state index contributed by atoms with van der Waals surface area (Å²) in [5.41, 5.74) is 2.52. The van der Waals surface area contributed by atoms with Gasteiger partial charge >= 0.3 is 6.29 Å². The molecule has 2 rings (SSSR count). The first kappa shape index (κ1) is 11.1. The average Bonchev–Trinajstić information content (AvgIpc) is 2.26. The van der Waals surface area contributed by atoms with Crippen LogP contribution in [0.3, 0.4) is 0 Å². The van der Waals surface area contributed by atoms with E-state index in [1.165, 1.54) is 0 Å². The molecule has 0 bridgehead atoms. The minimum absolute atomic E-state index is 0.146. The van der Waals surface area contributed by atoms with Gasteiger partial charge in [-0.25, -0.2) is 0 Å². The zero-order chi connectivity index (χ0) is 11.8. The summed E-state index contributed by atoms with van der Waals surface area (Å²) in [6, 6.07) is 3.34. The van der Waals surface area contributed by atoms with Crippen LogP contribution in [0.4, 0.5) is 14.5 Å². The van der Waals surface area contributed by atoms with Crippen LogP contribution in [0.25, 0.3) is 0 Å². The molecule has 0 aromatic heterocycles. The molecule has 0 atom stereocenters. The lowest BCUT2D eigenvalue weighted by atomic mass is 10.0. The third-order valence-electron chi connectivity index (χ3n) is 2.60. The van der Waals surface area contributed by atoms with E-state index in [2.05, 4.69) is 14.8 Å². The molecule has 0 aliphatic carbocycles. The van der Waals surface area contributed by atoms with Gasteiger partial charge in [0.2, 0.25) is 0 Å². The van der Waals surface area contributed by atoms with Gasteiger partial charge in [-0.15, -0.1) is 8.78 Å². The molecule has 0 saturated carbocycles. The fourth-order valence-corrected chi connectivity index (χ4v) is 1.84. The lowest BCUT2D eigenvalue weighted by Gasteiger charge is -2.27. The Morgan fingerprint density at radius 3 is 2.81 bits per heavy atom. The molecule has 0 fully saturated rings. The maximum Gasteiger partial charge on any atom is 0.535 e. The minimum atomic E-state index is -3.52. The Hall–Kier alpha value is -1.36. The van der Waals surface area contributed by atoms with Crippen LogP contribution >= 0.6 is 0 Å². The first-order chi connectivity index (χ1) is 7.57. The van der Waals surface area contributed by atoms with Crippen LogP contribution in [-0.4, -0.2) is 13.3 Å². The molecule has 0 amide bonds. The molecule has 1 aliphatic heterocycles. The number of ether oxygens (including phenoxy) is 2. The van der Waals surface area contributed by atoms with Crippen molar-refractivity contribution in [1.29, 1.82) is 0 Å². The summed E-state index contributed by atoms with van der Waals surface area (Å²) < 4.78 is 34.5. The average molecular weight is 229 g/mol. The number of anilines is 1. The van der Waals surface area contributed by atoms with Gasteiger partial charge in [0.15, 0.2) is 0 Å². The van der Waals surface area contributed by atoms with Crippen LogP contribution < -0.4 is 10.1 Å². The molecule has 1 heterocycles. The maximum atomic E-state index is 12.8. The van der Waals surface area contributed by atoms with E-state index < -0.39 is 6.29 Å². The van der Waals surface area contributed by atoms with E-state index in [-0.39, 0.29) is 12.4 Å². The summed E-state index contributed by atoms with van der Waals surface area (Å²) >= 11 is 0. The second-order valence-corrected chi connectivity index (χ2v) is 3.53. The SMILES string of the molecule is CCc1ccc2c(c1NC)COC(F)(F)O2. The predicted molar refractivity (Wildman–Crippen MR) is 55.7 cm³/mol. The number of fused-ring (bicyclic) bond motifs is 1. The first-order valence-corrected chi connectivity index (χ1v) is 5.10. The Morgan fingerprint density at radius 2 is 2.19 bits per heavy atom. The van der Waals surface area contributed by atoms with Gasteiger partial charge < -0.3 is 10.1 Å². The first-order valence-electron chi connectivity index (χ1n) is 5.10. The fraction of sp³-hybridized carbons (Fsp3) is 0.455. The number of benzene rings is 1. The number of hydrogen-bond donors (Lipinski definition) is 1. The Kier molecular flexibility index (Phi) is 2.71. The highest BCUT2D eigenvalue weighted by molar-refractivity contribution is 5.62. The molecule has 3 nitrogen and oxygen atoms in total. The number of alkyl halides is 2. The third-order valence-corrected chi connectivity index (χ3v) is 2.60. The maximum absolute atomic E-state index is 12.8. The van der Waals surface area contributed by atoms with Gasteiger partial charge in [0.05, 0.1) is 6.61 Å². The molecule has 0 spiro atoms. The van der Waals surface area contributed by atoms with Crippen LogP contribution in [0.1, 0.15) is 18.1 Å². The Morgan fingerprint density at radius 1 is 1.44 bits per heavy atom. The summed E-state index contributed by atoms with van der Waals surface area (Å²) in [5, 5.41) is 3.00. The van der Waals surface area contributed by atoms with Gasteiger partial charge in [0.25, 0.3) is 0 Å². The van der Waals surface area contributed by atoms with Crippen molar-refractivity contribution in [3.8, 4) is 5.75 Å². The summed E-state index contributed by atoms with van der Waals surface area (Å²) in [6.45, 7) is 1.86. The van der Waals surface area contributed by atoms with Crippen LogP contribution in [0.5, 0.6) is 5.75 Å². The minimum Gasteiger partial charge on any atom is -0.409 e. The molecule has 1 aliphatic rings. The highest BCUT2D eigenvalue weighted by Gasteiger charge is 2.39. The van der Waals surface area contributed by atoms with E-state index >= 15 is 0 Å². The zero-order valence-electron chi connectivity index (χ0n) is 9.14. The lowest BCUT2D eigenvalue weighted by molar-refractivity contribution is -0.367. The van der Waals surface area contributed by atoms with Gasteiger partial charge in [-0.2, -0.15) is 0 Å². The lowest BCUT2D eigenvalue weighted by Crippen LogP contribution is -2.32. The van der Waals surface area contributed by atoms with Crippen LogP contribution in [0.15, 0.2) is 12.1 Å². The summed E-state index contributed by atoms with van der Waals surface area (Å²) in [4.78, 5) is 0. The van der Waals surface area contributed by atoms with E-state index in [9.17, 15) is 8.78 Å². The number of aryl methyl sites for hydroxylation is 1. The molecule has 5 heteroatoms. The van der Waals surface area contributed by atoms with Gasteiger partial charge in [-0.05, 0) is 18.1 Å². The van der Waals surface area contributed by atoms with Crippen molar-refractivity contribution < 1.29 is 18.3 Å². The molecule has 16 heavy (non-hydrogen) atoms. The molecule has 1 aromatic rings. The Balaban J connectivity index is 2.46. The van der Waals surface area contributed by atoms with Crippen LogP contribution in [0.2, 0.25) is 0 Å². The van der Waals surface area contributed by atoms with E-state index in [4.69, 9.17) is 0 Å². The smallest absolute Gasteiger partial charge is 0.409 e. The fourth-order valence-electron chi connectivity index (χ4n) is 1.84. The largest absolute Gasteiger partial charge is 0.535 e. The normalized spacial score (nSPS) is 17.5. The van der Waals surface area contributed by atoms with Crippen LogP contribution in [-0.2, 0) is 17.8 Å². The van der Waals surface area contributed by atoms with Gasteiger partial charge in [-0.1, -0.05) is 13.0 Å². The summed E-state index contributed by atoms with van der Waals surface area (Å²) in [5.74, 6) is 0.179. The molecule has 0 unspecified atom stereocenters. The number of halogens is 2. The molecular weight excluding hydrogens is 216 g/mol. The topological polar surface area (TPSA) is 30.5 Å². The van der Waals surface area contributed by atoms with Crippen molar-refractivity contribution in [1.82, 2.24) is 0 Å². The van der Waals surface area contributed by atoms with Crippen molar-refractivity contribution in [3.63, 3.8) is 0 Å². The summed E-state index contributed by atoms with van der Waals surface area (Å²) in [7, 11) is 1.75. The highest BCUT2D eigenvalue weighted by atomic mass is 19.3. The van der Waals surface area contributed by atoms with Crippen LogP contribution in [0, 0.1) is 0 Å². The molecule has 1 aromatic carbocycles.